The summed E-state index contributed by atoms with van der Waals surface area (Å²) in [5.41, 5.74) is -0.144. The first kappa shape index (κ1) is 13.1. The molecule has 18 heavy (non-hydrogen) atoms. The van der Waals surface area contributed by atoms with Gasteiger partial charge in [-0.05, 0) is 32.4 Å². The van der Waals surface area contributed by atoms with Gasteiger partial charge in [-0.2, -0.15) is 4.98 Å². The van der Waals surface area contributed by atoms with E-state index in [2.05, 4.69) is 15.3 Å². The predicted molar refractivity (Wildman–Crippen MR) is 70.0 cm³/mol. The van der Waals surface area contributed by atoms with E-state index in [0.29, 0.717) is 17.6 Å². The highest BCUT2D eigenvalue weighted by Crippen LogP contribution is 2.30. The molecule has 1 aliphatic rings. The summed E-state index contributed by atoms with van der Waals surface area (Å²) in [6, 6.07) is 1.43. The molecule has 1 aromatic rings. The maximum atomic E-state index is 11.5. The lowest BCUT2D eigenvalue weighted by Crippen LogP contribution is -2.39. The van der Waals surface area contributed by atoms with Gasteiger partial charge >= 0.3 is 0 Å². The molecule has 5 nitrogen and oxygen atoms in total. The molecule has 1 fully saturated rings. The highest BCUT2D eigenvalue weighted by Gasteiger charge is 2.30. The Kier molecular flexibility index (Phi) is 4.01. The van der Waals surface area contributed by atoms with Crippen LogP contribution in [-0.4, -0.2) is 29.7 Å². The summed E-state index contributed by atoms with van der Waals surface area (Å²) in [7, 11) is 1.96. The molecule has 1 saturated carbocycles. The van der Waals surface area contributed by atoms with Gasteiger partial charge in [0.1, 0.15) is 11.9 Å². The molecule has 1 heterocycles. The molecular formula is C13H21N3O2. The summed E-state index contributed by atoms with van der Waals surface area (Å²) < 4.78 is 5.74. The summed E-state index contributed by atoms with van der Waals surface area (Å²) in [4.78, 5) is 18.5. The molecule has 2 rings (SSSR count). The Labute approximate surface area is 107 Å². The van der Waals surface area contributed by atoms with Crippen LogP contribution in [0.3, 0.4) is 0 Å². The van der Waals surface area contributed by atoms with Gasteiger partial charge in [0.2, 0.25) is 5.88 Å². The highest BCUT2D eigenvalue weighted by molar-refractivity contribution is 5.11. The third kappa shape index (κ3) is 3.10. The van der Waals surface area contributed by atoms with Crippen molar-refractivity contribution in [1.82, 2.24) is 15.3 Å². The molecule has 1 aromatic heterocycles. The third-order valence-corrected chi connectivity index (χ3v) is 3.26. The van der Waals surface area contributed by atoms with Crippen molar-refractivity contribution in [3.8, 4) is 5.88 Å². The van der Waals surface area contributed by atoms with E-state index >= 15 is 0 Å². The van der Waals surface area contributed by atoms with Crippen LogP contribution < -0.4 is 15.6 Å². The van der Waals surface area contributed by atoms with Crippen LogP contribution in [-0.2, 0) is 0 Å². The van der Waals surface area contributed by atoms with Gasteiger partial charge in [-0.3, -0.25) is 4.79 Å². The quantitative estimate of drug-likeness (QED) is 0.827. The number of nitrogens with zero attached hydrogens (tertiary/aromatic N) is 1. The minimum atomic E-state index is -0.144. The number of ether oxygens (including phenoxy) is 1. The molecule has 0 saturated heterocycles. The highest BCUT2D eigenvalue weighted by atomic mass is 16.5. The monoisotopic (exact) mass is 251 g/mol. The van der Waals surface area contributed by atoms with Crippen molar-refractivity contribution in [2.75, 3.05) is 13.6 Å². The lowest BCUT2D eigenvalue weighted by atomic mass is 9.82. The van der Waals surface area contributed by atoms with E-state index in [1.54, 1.807) is 0 Å². The molecule has 5 heteroatoms. The van der Waals surface area contributed by atoms with E-state index in [1.165, 1.54) is 6.07 Å². The second kappa shape index (κ2) is 5.52. The van der Waals surface area contributed by atoms with E-state index < -0.39 is 0 Å². The van der Waals surface area contributed by atoms with E-state index in [1.807, 2.05) is 20.9 Å². The first-order chi connectivity index (χ1) is 8.58. The molecule has 0 spiro atoms. The smallest absolute Gasteiger partial charge is 0.254 e. The zero-order chi connectivity index (χ0) is 13.1. The van der Waals surface area contributed by atoms with Crippen molar-refractivity contribution in [3.05, 3.63) is 22.2 Å². The Hall–Kier alpha value is -1.36. The number of nitrogens with one attached hydrogen (secondary N) is 2. The molecular weight excluding hydrogens is 230 g/mol. The van der Waals surface area contributed by atoms with Gasteiger partial charge in [-0.25, -0.2) is 0 Å². The number of aromatic nitrogens is 2. The van der Waals surface area contributed by atoms with Crippen molar-refractivity contribution in [2.45, 2.75) is 38.7 Å². The maximum absolute atomic E-state index is 11.5. The standard InChI is InChI=1S/C13H21N3O2/c1-8(2)13-15-11(17)6-12(16-13)18-10-4-9(5-10)7-14-3/h6,8-10,14H,4-5,7H2,1-3H3,(H,15,16,17). The molecule has 0 radical (unpaired) electrons. The summed E-state index contributed by atoms with van der Waals surface area (Å²) in [6.07, 6.45) is 2.27. The number of hydrogen-bond donors (Lipinski definition) is 2. The molecule has 0 aromatic carbocycles. The Balaban J connectivity index is 1.96. The Morgan fingerprint density at radius 3 is 2.89 bits per heavy atom. The zero-order valence-corrected chi connectivity index (χ0v) is 11.2. The normalized spacial score (nSPS) is 22.9. The van der Waals surface area contributed by atoms with Crippen LogP contribution >= 0.6 is 0 Å². The Bertz CT molecular complexity index is 450. The first-order valence-electron chi connectivity index (χ1n) is 6.51. The van der Waals surface area contributed by atoms with Gasteiger partial charge in [0.25, 0.3) is 5.56 Å². The average Bonchev–Trinajstić information content (AvgIpc) is 2.25. The molecule has 0 aliphatic heterocycles. The van der Waals surface area contributed by atoms with Crippen molar-refractivity contribution < 1.29 is 4.74 Å². The van der Waals surface area contributed by atoms with E-state index in [-0.39, 0.29) is 17.6 Å². The molecule has 0 atom stereocenters. The van der Waals surface area contributed by atoms with Crippen LogP contribution in [0.4, 0.5) is 0 Å². The topological polar surface area (TPSA) is 67.0 Å². The van der Waals surface area contributed by atoms with Gasteiger partial charge < -0.3 is 15.0 Å². The molecule has 0 amide bonds. The van der Waals surface area contributed by atoms with E-state index in [4.69, 9.17) is 4.74 Å². The predicted octanol–water partition coefficient (Wildman–Crippen LogP) is 1.27. The van der Waals surface area contributed by atoms with E-state index in [9.17, 15) is 4.79 Å². The van der Waals surface area contributed by atoms with Gasteiger partial charge in [-0.15, -0.1) is 0 Å². The first-order valence-corrected chi connectivity index (χ1v) is 6.51. The van der Waals surface area contributed by atoms with Crippen molar-refractivity contribution in [2.24, 2.45) is 5.92 Å². The Morgan fingerprint density at radius 1 is 1.56 bits per heavy atom. The molecule has 100 valence electrons. The third-order valence-electron chi connectivity index (χ3n) is 3.26. The van der Waals surface area contributed by atoms with Crippen LogP contribution in [0.25, 0.3) is 0 Å². The zero-order valence-electron chi connectivity index (χ0n) is 11.2. The molecule has 0 bridgehead atoms. The fraction of sp³-hybridized carbons (Fsp3) is 0.692. The molecule has 1 aliphatic carbocycles. The van der Waals surface area contributed by atoms with Crippen molar-refractivity contribution in [1.29, 1.82) is 0 Å². The maximum Gasteiger partial charge on any atom is 0.254 e. The summed E-state index contributed by atoms with van der Waals surface area (Å²) in [5.74, 6) is 2.02. The Morgan fingerprint density at radius 2 is 2.28 bits per heavy atom. The largest absolute Gasteiger partial charge is 0.474 e. The number of aromatic amines is 1. The second-order valence-corrected chi connectivity index (χ2v) is 5.26. The van der Waals surface area contributed by atoms with Crippen molar-refractivity contribution >= 4 is 0 Å². The van der Waals surface area contributed by atoms with E-state index in [0.717, 1.165) is 19.4 Å². The summed E-state index contributed by atoms with van der Waals surface area (Å²) in [5, 5.41) is 3.16. The van der Waals surface area contributed by atoms with Crippen LogP contribution in [0.2, 0.25) is 0 Å². The van der Waals surface area contributed by atoms with Crippen molar-refractivity contribution in [3.63, 3.8) is 0 Å². The molecule has 2 N–H and O–H groups in total. The number of rotatable bonds is 5. The number of hydrogen-bond acceptors (Lipinski definition) is 4. The van der Waals surface area contributed by atoms with Gasteiger partial charge in [-0.1, -0.05) is 13.8 Å². The fourth-order valence-electron chi connectivity index (χ4n) is 2.18. The minimum Gasteiger partial charge on any atom is -0.474 e. The van der Waals surface area contributed by atoms with Gasteiger partial charge in [0, 0.05) is 5.92 Å². The summed E-state index contributed by atoms with van der Waals surface area (Å²) in [6.45, 7) is 5.02. The molecule has 0 unspecified atom stereocenters. The second-order valence-electron chi connectivity index (χ2n) is 5.26. The average molecular weight is 251 g/mol. The lowest BCUT2D eigenvalue weighted by Gasteiger charge is -2.34. The van der Waals surface area contributed by atoms with Crippen LogP contribution in [0.5, 0.6) is 5.88 Å². The SMILES string of the molecule is CNCC1CC(Oc2cc(=O)[nH]c(C(C)C)n2)C1. The van der Waals surface area contributed by atoms with Crippen LogP contribution in [0.15, 0.2) is 10.9 Å². The fourth-order valence-corrected chi connectivity index (χ4v) is 2.18. The van der Waals surface area contributed by atoms with Gasteiger partial charge in [0.15, 0.2) is 0 Å². The minimum absolute atomic E-state index is 0.144. The van der Waals surface area contributed by atoms with Gasteiger partial charge in [0.05, 0.1) is 6.07 Å². The summed E-state index contributed by atoms with van der Waals surface area (Å²) >= 11 is 0. The van der Waals surface area contributed by atoms with Crippen LogP contribution in [0, 0.1) is 5.92 Å². The number of H-pyrrole nitrogens is 1. The lowest BCUT2D eigenvalue weighted by molar-refractivity contribution is 0.0612. The van der Waals surface area contributed by atoms with Crippen LogP contribution in [0.1, 0.15) is 38.4 Å².